The normalized spacial score (nSPS) is 11.4. The Balaban J connectivity index is 1.62. The number of esters is 2. The third-order valence-corrected chi connectivity index (χ3v) is 6.97. The van der Waals surface area contributed by atoms with Gasteiger partial charge in [0.25, 0.3) is 0 Å². The van der Waals surface area contributed by atoms with E-state index in [9.17, 15) is 9.59 Å². The van der Waals surface area contributed by atoms with E-state index in [4.69, 9.17) is 9.47 Å². The van der Waals surface area contributed by atoms with Crippen LogP contribution in [0.2, 0.25) is 0 Å². The summed E-state index contributed by atoms with van der Waals surface area (Å²) >= 11 is 1.23. The molecule has 9 heteroatoms. The smallest absolute Gasteiger partial charge is 0.316 e. The lowest BCUT2D eigenvalue weighted by Crippen LogP contribution is -2.10. The highest BCUT2D eigenvalue weighted by Gasteiger charge is 2.19. The standard InChI is InChI=1S/C28H44N4O4S/c1-4-6-7-8-9-10-11-12-13-14-15-16-17-18-19-20-23(33)36-28-26-25(31-32(28)3)27(30-22-29-26)37-21-24(34)35-5-2/h12-13,22H,4-11,14-21H2,1-3H3. The molecule has 206 valence electrons. The molecule has 0 radical (unpaired) electrons. The van der Waals surface area contributed by atoms with E-state index < -0.39 is 0 Å². The molecule has 2 aromatic heterocycles. The Kier molecular flexibility index (Phi) is 15.6. The molecule has 0 aliphatic heterocycles. The molecule has 0 unspecified atom stereocenters. The number of aromatic nitrogens is 4. The van der Waals surface area contributed by atoms with Crippen LogP contribution in [-0.2, 0) is 21.4 Å². The molecule has 0 fully saturated rings. The highest BCUT2D eigenvalue weighted by Crippen LogP contribution is 2.29. The molecular weight excluding hydrogens is 488 g/mol. The van der Waals surface area contributed by atoms with Gasteiger partial charge in [0, 0.05) is 13.5 Å². The van der Waals surface area contributed by atoms with Gasteiger partial charge in [-0.2, -0.15) is 5.10 Å². The number of fused-ring (bicyclic) bond motifs is 1. The lowest BCUT2D eigenvalue weighted by molar-refractivity contribution is -0.140. The van der Waals surface area contributed by atoms with Gasteiger partial charge in [-0.1, -0.05) is 82.2 Å². The molecule has 0 saturated heterocycles. The third kappa shape index (κ3) is 12.1. The molecule has 0 atom stereocenters. The molecule has 2 rings (SSSR count). The largest absolute Gasteiger partial charge is 0.465 e. The summed E-state index contributed by atoms with van der Waals surface area (Å²) in [5.41, 5.74) is 0.963. The molecule has 8 nitrogen and oxygen atoms in total. The Morgan fingerprint density at radius 3 is 2.19 bits per heavy atom. The van der Waals surface area contributed by atoms with Crippen LogP contribution in [0.5, 0.6) is 5.88 Å². The van der Waals surface area contributed by atoms with E-state index in [1.807, 2.05) is 0 Å². The minimum absolute atomic E-state index is 0.126. The molecule has 0 aliphatic carbocycles. The van der Waals surface area contributed by atoms with Gasteiger partial charge in [0.15, 0.2) is 5.52 Å². The van der Waals surface area contributed by atoms with Crippen LogP contribution in [-0.4, -0.2) is 44.0 Å². The minimum Gasteiger partial charge on any atom is -0.465 e. The molecule has 0 saturated carbocycles. The fourth-order valence-corrected chi connectivity index (χ4v) is 4.74. The molecule has 0 aromatic carbocycles. The summed E-state index contributed by atoms with van der Waals surface area (Å²) in [5, 5.41) is 4.95. The first kappa shape index (κ1) is 30.8. The van der Waals surface area contributed by atoms with Crippen molar-refractivity contribution in [1.82, 2.24) is 19.7 Å². The number of ether oxygens (including phenoxy) is 2. The fourth-order valence-electron chi connectivity index (χ4n) is 4.01. The molecule has 37 heavy (non-hydrogen) atoms. The van der Waals surface area contributed by atoms with Crippen LogP contribution >= 0.6 is 11.8 Å². The van der Waals surface area contributed by atoms with Crippen LogP contribution in [0.1, 0.15) is 104 Å². The van der Waals surface area contributed by atoms with Crippen LogP contribution in [0.4, 0.5) is 0 Å². The van der Waals surface area contributed by atoms with Gasteiger partial charge in [-0.05, 0) is 39.0 Å². The van der Waals surface area contributed by atoms with E-state index >= 15 is 0 Å². The van der Waals surface area contributed by atoms with Crippen molar-refractivity contribution in [3.63, 3.8) is 0 Å². The molecule has 0 bridgehead atoms. The maximum absolute atomic E-state index is 12.4. The number of rotatable bonds is 20. The number of carbonyl (C=O) groups is 2. The number of carbonyl (C=O) groups excluding carboxylic acids is 2. The summed E-state index contributed by atoms with van der Waals surface area (Å²) in [7, 11) is 1.70. The van der Waals surface area contributed by atoms with Crippen molar-refractivity contribution in [2.75, 3.05) is 12.4 Å². The summed E-state index contributed by atoms with van der Waals surface area (Å²) in [4.78, 5) is 32.6. The summed E-state index contributed by atoms with van der Waals surface area (Å²) in [5.74, 6) is -0.182. The van der Waals surface area contributed by atoms with E-state index in [1.54, 1.807) is 14.0 Å². The average Bonchev–Trinajstić information content (AvgIpc) is 3.20. The van der Waals surface area contributed by atoms with E-state index in [2.05, 4.69) is 34.1 Å². The summed E-state index contributed by atoms with van der Waals surface area (Å²) < 4.78 is 12.1. The van der Waals surface area contributed by atoms with Crippen LogP contribution in [0.15, 0.2) is 23.5 Å². The summed E-state index contributed by atoms with van der Waals surface area (Å²) in [6.07, 6.45) is 22.2. The van der Waals surface area contributed by atoms with Gasteiger partial charge in [-0.3, -0.25) is 9.59 Å². The quantitative estimate of drug-likeness (QED) is 0.0593. The Hall–Kier alpha value is -2.42. The van der Waals surface area contributed by atoms with Gasteiger partial charge in [0.2, 0.25) is 5.88 Å². The van der Waals surface area contributed by atoms with Gasteiger partial charge in [0.1, 0.15) is 16.9 Å². The highest BCUT2D eigenvalue weighted by atomic mass is 32.2. The number of thioether (sulfide) groups is 1. The maximum atomic E-state index is 12.4. The van der Waals surface area contributed by atoms with Crippen molar-refractivity contribution in [2.24, 2.45) is 7.05 Å². The summed E-state index contributed by atoms with van der Waals surface area (Å²) in [6, 6.07) is 0. The van der Waals surface area contributed by atoms with Crippen molar-refractivity contribution in [2.45, 2.75) is 109 Å². The first-order chi connectivity index (χ1) is 18.1. The van der Waals surface area contributed by atoms with Gasteiger partial charge >= 0.3 is 11.9 Å². The predicted octanol–water partition coefficient (Wildman–Crippen LogP) is 6.96. The van der Waals surface area contributed by atoms with Crippen molar-refractivity contribution in [3.8, 4) is 5.88 Å². The molecule has 0 spiro atoms. The highest BCUT2D eigenvalue weighted by molar-refractivity contribution is 8.00. The third-order valence-electron chi connectivity index (χ3n) is 6.02. The number of hydrogen-bond acceptors (Lipinski definition) is 8. The minimum atomic E-state index is -0.318. The molecule has 2 heterocycles. The molecule has 0 N–H and O–H groups in total. The maximum Gasteiger partial charge on any atom is 0.316 e. The molecular formula is C28H44N4O4S. The van der Waals surface area contributed by atoms with Crippen molar-refractivity contribution >= 4 is 34.7 Å². The van der Waals surface area contributed by atoms with Gasteiger partial charge in [-0.25, -0.2) is 14.6 Å². The van der Waals surface area contributed by atoms with Crippen molar-refractivity contribution < 1.29 is 19.1 Å². The Morgan fingerprint density at radius 2 is 1.51 bits per heavy atom. The number of nitrogens with zero attached hydrogens (tertiary/aromatic N) is 4. The zero-order valence-electron chi connectivity index (χ0n) is 22.9. The van der Waals surface area contributed by atoms with Crippen molar-refractivity contribution in [1.29, 1.82) is 0 Å². The second kappa shape index (κ2) is 18.8. The van der Waals surface area contributed by atoms with Crippen LogP contribution in [0.3, 0.4) is 0 Å². The first-order valence-corrected chi connectivity index (χ1v) is 14.9. The fraction of sp³-hybridized carbons (Fsp3) is 0.679. The summed E-state index contributed by atoms with van der Waals surface area (Å²) in [6.45, 7) is 4.35. The van der Waals surface area contributed by atoms with Crippen LogP contribution in [0, 0.1) is 0 Å². The topological polar surface area (TPSA) is 96.2 Å². The monoisotopic (exact) mass is 532 g/mol. The first-order valence-electron chi connectivity index (χ1n) is 13.9. The second-order valence-corrected chi connectivity index (χ2v) is 10.2. The zero-order valence-corrected chi connectivity index (χ0v) is 23.7. The average molecular weight is 533 g/mol. The van der Waals surface area contributed by atoms with E-state index in [0.717, 1.165) is 25.7 Å². The van der Waals surface area contributed by atoms with Crippen LogP contribution in [0.25, 0.3) is 11.0 Å². The van der Waals surface area contributed by atoms with Gasteiger partial charge < -0.3 is 9.47 Å². The predicted molar refractivity (Wildman–Crippen MR) is 149 cm³/mol. The second-order valence-electron chi connectivity index (χ2n) is 9.21. The lowest BCUT2D eigenvalue weighted by Gasteiger charge is -2.05. The van der Waals surface area contributed by atoms with E-state index in [0.29, 0.717) is 35.0 Å². The van der Waals surface area contributed by atoms with E-state index in [-0.39, 0.29) is 17.7 Å². The molecule has 2 aromatic rings. The van der Waals surface area contributed by atoms with Gasteiger partial charge in [-0.15, -0.1) is 0 Å². The Bertz CT molecular complexity index is 976. The Morgan fingerprint density at radius 1 is 0.865 bits per heavy atom. The SMILES string of the molecule is CCCCCCCCC=CCCCCCCCC(=O)Oc1c2ncnc(SCC(=O)OCC)c2nn1C. The lowest BCUT2D eigenvalue weighted by atomic mass is 10.1. The Labute approximate surface area is 226 Å². The zero-order chi connectivity index (χ0) is 26.7. The van der Waals surface area contributed by atoms with Crippen LogP contribution < -0.4 is 4.74 Å². The van der Waals surface area contributed by atoms with Gasteiger partial charge in [0.05, 0.1) is 12.4 Å². The number of aryl methyl sites for hydroxylation is 1. The van der Waals surface area contributed by atoms with E-state index in [1.165, 1.54) is 80.6 Å². The number of allylic oxidation sites excluding steroid dienone is 2. The van der Waals surface area contributed by atoms with Crippen molar-refractivity contribution in [3.05, 3.63) is 18.5 Å². The number of hydrogen-bond donors (Lipinski definition) is 0. The number of unbranched alkanes of at least 4 members (excludes halogenated alkanes) is 11. The molecule has 0 aliphatic rings. The molecule has 0 amide bonds.